The van der Waals surface area contributed by atoms with E-state index < -0.39 is 0 Å². The maximum absolute atomic E-state index is 14.1. The van der Waals surface area contributed by atoms with Crippen molar-refractivity contribution < 1.29 is 9.53 Å². The number of amides is 1. The van der Waals surface area contributed by atoms with Gasteiger partial charge in [-0.1, -0.05) is 12.5 Å². The van der Waals surface area contributed by atoms with Gasteiger partial charge in [0.2, 0.25) is 11.6 Å². The summed E-state index contributed by atoms with van der Waals surface area (Å²) in [6.07, 6.45) is 8.59. The molecule has 1 saturated carbocycles. The van der Waals surface area contributed by atoms with E-state index in [0.717, 1.165) is 48.6 Å². The Kier molecular flexibility index (Phi) is 7.09. The predicted molar refractivity (Wildman–Crippen MR) is 147 cm³/mol. The second-order valence-corrected chi connectivity index (χ2v) is 10.5. The maximum atomic E-state index is 14.1. The van der Waals surface area contributed by atoms with Gasteiger partial charge in [-0.3, -0.25) is 9.78 Å². The van der Waals surface area contributed by atoms with Crippen LogP contribution in [-0.2, 0) is 25.0 Å². The summed E-state index contributed by atoms with van der Waals surface area (Å²) in [5, 5.41) is 3.13. The maximum Gasteiger partial charge on any atom is 0.254 e. The van der Waals surface area contributed by atoms with Crippen molar-refractivity contribution in [1.82, 2.24) is 24.3 Å². The van der Waals surface area contributed by atoms with Gasteiger partial charge >= 0.3 is 0 Å². The van der Waals surface area contributed by atoms with E-state index in [2.05, 4.69) is 55.8 Å². The first-order valence-electron chi connectivity index (χ1n) is 13.2. The summed E-state index contributed by atoms with van der Waals surface area (Å²) in [5.41, 5.74) is 5.44. The topological polar surface area (TPSA) is 79.9 Å². The molecule has 2 aliphatic rings. The van der Waals surface area contributed by atoms with Crippen LogP contribution in [0.3, 0.4) is 0 Å². The molecule has 38 heavy (non-hydrogen) atoms. The van der Waals surface area contributed by atoms with E-state index in [1.165, 1.54) is 11.1 Å². The predicted octanol–water partition coefficient (Wildman–Crippen LogP) is 4.46. The van der Waals surface area contributed by atoms with Crippen LogP contribution in [0.4, 0.5) is 11.6 Å². The van der Waals surface area contributed by atoms with E-state index in [9.17, 15) is 4.79 Å². The van der Waals surface area contributed by atoms with E-state index in [4.69, 9.17) is 11.3 Å². The molecule has 5 rings (SSSR count). The minimum Gasteiger partial charge on any atom is -0.505 e. The van der Waals surface area contributed by atoms with Crippen molar-refractivity contribution in [2.24, 2.45) is 0 Å². The van der Waals surface area contributed by atoms with Gasteiger partial charge in [-0.15, -0.1) is 0 Å². The molecule has 9 heteroatoms. The molecular formula is C29H35N7O2. The third-order valence-electron chi connectivity index (χ3n) is 7.59. The molecular weight excluding hydrogens is 478 g/mol. The fraction of sp³-hybridized carbons (Fsp3) is 0.448. The number of carbonyl (C=O) groups excluding carboxylic acids is 1. The minimum absolute atomic E-state index is 0.0303. The first-order valence-corrected chi connectivity index (χ1v) is 13.2. The largest absolute Gasteiger partial charge is 0.505 e. The molecule has 0 unspecified atom stereocenters. The van der Waals surface area contributed by atoms with Gasteiger partial charge in [0.05, 0.1) is 32.0 Å². The molecule has 2 aromatic heterocycles. The Morgan fingerprint density at radius 3 is 2.68 bits per heavy atom. The van der Waals surface area contributed by atoms with Crippen molar-refractivity contribution in [2.45, 2.75) is 51.2 Å². The van der Waals surface area contributed by atoms with Crippen LogP contribution in [0.25, 0.3) is 4.85 Å². The lowest BCUT2D eigenvalue weighted by atomic mass is 9.60. The lowest BCUT2D eigenvalue weighted by molar-refractivity contribution is 0.0563. The molecule has 0 bridgehead atoms. The van der Waals surface area contributed by atoms with Crippen LogP contribution in [0, 0.1) is 6.57 Å². The van der Waals surface area contributed by atoms with Crippen molar-refractivity contribution in [2.75, 3.05) is 39.6 Å². The van der Waals surface area contributed by atoms with Crippen LogP contribution in [-0.4, -0.2) is 64.5 Å². The zero-order valence-electron chi connectivity index (χ0n) is 22.6. The van der Waals surface area contributed by atoms with Crippen LogP contribution in [0.15, 0.2) is 36.8 Å². The van der Waals surface area contributed by atoms with Crippen molar-refractivity contribution >= 4 is 17.5 Å². The summed E-state index contributed by atoms with van der Waals surface area (Å²) in [5.74, 6) is 1.35. The Balaban J connectivity index is 1.54. The number of nitrogens with one attached hydrogen (secondary N) is 1. The molecule has 1 N–H and O–H groups in total. The van der Waals surface area contributed by atoms with Crippen molar-refractivity contribution in [3.63, 3.8) is 0 Å². The number of hydrogen-bond donors (Lipinski definition) is 1. The second kappa shape index (κ2) is 10.5. The molecule has 1 spiro atoms. The van der Waals surface area contributed by atoms with Gasteiger partial charge < -0.3 is 24.4 Å². The first-order chi connectivity index (χ1) is 18.4. The molecule has 1 aromatic carbocycles. The van der Waals surface area contributed by atoms with Gasteiger partial charge in [-0.05, 0) is 62.7 Å². The molecule has 9 nitrogen and oxygen atoms in total. The summed E-state index contributed by atoms with van der Waals surface area (Å²) < 4.78 is 7.74. The highest BCUT2D eigenvalue weighted by Gasteiger charge is 2.48. The number of imidazole rings is 1. The molecule has 0 atom stereocenters. The van der Waals surface area contributed by atoms with Gasteiger partial charge in [-0.25, -0.2) is 9.83 Å². The molecule has 3 heterocycles. The van der Waals surface area contributed by atoms with E-state index >= 15 is 0 Å². The Morgan fingerprint density at radius 2 is 2.03 bits per heavy atom. The van der Waals surface area contributed by atoms with Crippen molar-refractivity contribution in [3.05, 3.63) is 76.2 Å². The summed E-state index contributed by atoms with van der Waals surface area (Å²) in [7, 11) is 6.01. The zero-order valence-corrected chi connectivity index (χ0v) is 22.6. The third-order valence-corrected chi connectivity index (χ3v) is 7.59. The standard InChI is InChI=1S/C29H35N7O2/c1-6-38-25-14-22(33-15-24(25)30-2)18-36-19-29(8-7-9-29)26-21(17-34(4)5)12-20(13-23(26)27(36)37)16-35-11-10-32-28(35)31-3/h10-15H,6-9,16-19H2,1,3-5H3,(H,31,32). The Hall–Kier alpha value is -3.90. The minimum atomic E-state index is -0.0303. The quantitative estimate of drug-likeness (QED) is 0.426. The normalized spacial score (nSPS) is 15.8. The van der Waals surface area contributed by atoms with Crippen molar-refractivity contribution in [1.29, 1.82) is 0 Å². The molecule has 3 aromatic rings. The average molecular weight is 514 g/mol. The highest BCUT2D eigenvalue weighted by Crippen LogP contribution is 2.50. The van der Waals surface area contributed by atoms with Crippen LogP contribution < -0.4 is 10.1 Å². The number of ether oxygens (including phenoxy) is 1. The molecule has 1 fully saturated rings. The second-order valence-electron chi connectivity index (χ2n) is 10.5. The number of nitrogens with zero attached hydrogens (tertiary/aromatic N) is 6. The number of benzene rings is 1. The third kappa shape index (κ3) is 4.72. The zero-order chi connectivity index (χ0) is 26.9. The van der Waals surface area contributed by atoms with E-state index in [0.29, 0.717) is 37.7 Å². The lowest BCUT2D eigenvalue weighted by Crippen LogP contribution is -2.53. The Labute approximate surface area is 224 Å². The number of hydrogen-bond acceptors (Lipinski definition) is 6. The highest BCUT2D eigenvalue weighted by molar-refractivity contribution is 5.98. The molecule has 198 valence electrons. The van der Waals surface area contributed by atoms with Crippen LogP contribution >= 0.6 is 0 Å². The summed E-state index contributed by atoms with van der Waals surface area (Å²) in [4.78, 5) is 30.6. The van der Waals surface area contributed by atoms with Crippen LogP contribution in [0.5, 0.6) is 5.75 Å². The Morgan fingerprint density at radius 1 is 1.21 bits per heavy atom. The van der Waals surface area contributed by atoms with E-state index in [1.807, 2.05) is 25.1 Å². The summed E-state index contributed by atoms with van der Waals surface area (Å²) in [6.45, 7) is 12.2. The molecule has 0 saturated heterocycles. The highest BCUT2D eigenvalue weighted by atomic mass is 16.5. The molecule has 1 amide bonds. The fourth-order valence-electron chi connectivity index (χ4n) is 5.91. The summed E-state index contributed by atoms with van der Waals surface area (Å²) in [6, 6.07) is 6.17. The van der Waals surface area contributed by atoms with E-state index in [-0.39, 0.29) is 11.3 Å². The fourth-order valence-corrected chi connectivity index (χ4v) is 5.91. The molecule has 0 radical (unpaired) electrons. The Bertz CT molecular complexity index is 1380. The van der Waals surface area contributed by atoms with Gasteiger partial charge in [0.25, 0.3) is 5.91 Å². The lowest BCUT2D eigenvalue weighted by Gasteiger charge is -2.50. The van der Waals surface area contributed by atoms with Gasteiger partial charge in [0.1, 0.15) is 5.75 Å². The smallest absolute Gasteiger partial charge is 0.254 e. The van der Waals surface area contributed by atoms with Gasteiger partial charge in [0.15, 0.2) is 0 Å². The number of fused-ring (bicyclic) bond motifs is 2. The van der Waals surface area contributed by atoms with Gasteiger partial charge in [0, 0.05) is 49.7 Å². The van der Waals surface area contributed by atoms with Crippen LogP contribution in [0.1, 0.15) is 58.9 Å². The average Bonchev–Trinajstić information content (AvgIpc) is 3.32. The number of pyridine rings is 1. The van der Waals surface area contributed by atoms with Crippen LogP contribution in [0.2, 0.25) is 0 Å². The molecule has 1 aliphatic heterocycles. The van der Waals surface area contributed by atoms with E-state index in [1.54, 1.807) is 18.5 Å². The monoisotopic (exact) mass is 513 g/mol. The number of carbonyl (C=O) groups is 1. The van der Waals surface area contributed by atoms with Crippen molar-refractivity contribution in [3.8, 4) is 5.75 Å². The SMILES string of the molecule is [C-]#[N+]c1cnc(CN2CC3(CCC3)c3c(CN(C)C)cc(Cn4ccnc4NC)cc3C2=O)cc1OCC. The summed E-state index contributed by atoms with van der Waals surface area (Å²) >= 11 is 0. The number of rotatable bonds is 9. The van der Waals surface area contributed by atoms with Gasteiger partial charge in [-0.2, -0.15) is 0 Å². The number of anilines is 1. The molecule has 1 aliphatic carbocycles. The first kappa shape index (κ1) is 25.7. The number of aromatic nitrogens is 3.